The van der Waals surface area contributed by atoms with Crippen LogP contribution in [0.1, 0.15) is 38.3 Å². The van der Waals surface area contributed by atoms with Crippen LogP contribution in [0.2, 0.25) is 0 Å². The van der Waals surface area contributed by atoms with Gasteiger partial charge in [-0.2, -0.15) is 10.4 Å². The van der Waals surface area contributed by atoms with Crippen LogP contribution in [0.4, 0.5) is 5.69 Å². The number of aromatic nitrogens is 1. The van der Waals surface area contributed by atoms with Crippen molar-refractivity contribution in [1.29, 1.82) is 5.26 Å². The van der Waals surface area contributed by atoms with Gasteiger partial charge in [-0.15, -0.1) is 11.8 Å². The number of thioether (sulfide) groups is 1. The van der Waals surface area contributed by atoms with E-state index < -0.39 is 0 Å². The van der Waals surface area contributed by atoms with Gasteiger partial charge in [-0.3, -0.25) is 5.01 Å². The van der Waals surface area contributed by atoms with Crippen molar-refractivity contribution < 1.29 is 0 Å². The molecule has 4 rings (SSSR count). The lowest BCUT2D eigenvalue weighted by Crippen LogP contribution is -2.25. The Bertz CT molecular complexity index is 1200. The summed E-state index contributed by atoms with van der Waals surface area (Å²) < 4.78 is 2.43. The molecule has 0 spiro atoms. The number of anilines is 1. The molecule has 1 saturated carbocycles. The molecule has 0 aliphatic heterocycles. The summed E-state index contributed by atoms with van der Waals surface area (Å²) in [7, 11) is 1.92. The van der Waals surface area contributed by atoms with E-state index in [0.717, 1.165) is 64.5 Å². The van der Waals surface area contributed by atoms with Crippen LogP contribution in [-0.2, 0) is 0 Å². The SMILES string of the molecule is C=CN(CCSc1ccc2c(C#N)c(-c3ccc(NC)cc3)n(C3CC(C)C3)c2c1)/N=C\C. The number of nitriles is 1. The van der Waals surface area contributed by atoms with E-state index in [0.29, 0.717) is 6.04 Å². The first-order valence-corrected chi connectivity index (χ1v) is 12.4. The van der Waals surface area contributed by atoms with Crippen molar-refractivity contribution in [1.82, 2.24) is 9.58 Å². The first-order valence-electron chi connectivity index (χ1n) is 11.5. The number of nitrogens with one attached hydrogen (secondary N) is 1. The third-order valence-corrected chi connectivity index (χ3v) is 7.29. The number of nitrogens with zero attached hydrogens (tertiary/aromatic N) is 4. The summed E-state index contributed by atoms with van der Waals surface area (Å²) in [5.41, 5.74) is 5.14. The highest BCUT2D eigenvalue weighted by atomic mass is 32.2. The molecular weight excluding hydrogens is 426 g/mol. The van der Waals surface area contributed by atoms with Gasteiger partial charge in [0, 0.05) is 47.2 Å². The molecule has 1 aromatic heterocycles. The van der Waals surface area contributed by atoms with E-state index in [1.165, 1.54) is 4.90 Å². The lowest BCUT2D eigenvalue weighted by Gasteiger charge is -2.36. The Balaban J connectivity index is 1.74. The molecule has 33 heavy (non-hydrogen) atoms. The monoisotopic (exact) mass is 457 g/mol. The van der Waals surface area contributed by atoms with Crippen LogP contribution in [0, 0.1) is 17.2 Å². The van der Waals surface area contributed by atoms with Crippen molar-refractivity contribution in [3.63, 3.8) is 0 Å². The molecule has 0 atom stereocenters. The van der Waals surface area contributed by atoms with Crippen LogP contribution < -0.4 is 5.32 Å². The first kappa shape index (κ1) is 23.0. The largest absolute Gasteiger partial charge is 0.388 e. The molecule has 1 heterocycles. The van der Waals surface area contributed by atoms with Crippen molar-refractivity contribution in [2.45, 2.75) is 37.6 Å². The predicted molar refractivity (Wildman–Crippen MR) is 141 cm³/mol. The molecule has 0 bridgehead atoms. The fourth-order valence-corrected chi connectivity index (χ4v) is 5.50. The number of benzene rings is 2. The zero-order valence-electron chi connectivity index (χ0n) is 19.6. The van der Waals surface area contributed by atoms with Crippen LogP contribution in [-0.4, -0.2) is 35.1 Å². The summed E-state index contributed by atoms with van der Waals surface area (Å²) in [6.07, 6.45) is 5.82. The number of rotatable bonds is 9. The molecule has 170 valence electrons. The van der Waals surface area contributed by atoms with Crippen molar-refractivity contribution >= 4 is 34.6 Å². The Hall–Kier alpha value is -3.17. The van der Waals surface area contributed by atoms with Gasteiger partial charge in [-0.1, -0.05) is 31.7 Å². The Morgan fingerprint density at radius 2 is 2.03 bits per heavy atom. The summed E-state index contributed by atoms with van der Waals surface area (Å²) in [6, 6.07) is 17.9. The van der Waals surface area contributed by atoms with Crippen molar-refractivity contribution in [2.24, 2.45) is 11.0 Å². The number of hydrogen-bond acceptors (Lipinski definition) is 5. The molecule has 1 N–H and O–H groups in total. The Morgan fingerprint density at radius 3 is 2.64 bits per heavy atom. The highest BCUT2D eigenvalue weighted by Crippen LogP contribution is 2.45. The molecule has 0 radical (unpaired) electrons. The smallest absolute Gasteiger partial charge is 0.102 e. The van der Waals surface area contributed by atoms with Crippen LogP contribution >= 0.6 is 11.8 Å². The van der Waals surface area contributed by atoms with E-state index in [1.807, 2.05) is 30.7 Å². The van der Waals surface area contributed by atoms with E-state index in [2.05, 4.69) is 77.0 Å². The third kappa shape index (κ3) is 4.65. The Labute approximate surface area is 200 Å². The molecule has 0 unspecified atom stereocenters. The average Bonchev–Trinajstić information content (AvgIpc) is 3.14. The van der Waals surface area contributed by atoms with Crippen LogP contribution in [0.3, 0.4) is 0 Å². The topological polar surface area (TPSA) is 56.4 Å². The molecule has 2 aromatic carbocycles. The molecule has 1 aliphatic rings. The minimum atomic E-state index is 0.430. The normalized spacial score (nSPS) is 17.6. The number of fused-ring (bicyclic) bond motifs is 1. The maximum absolute atomic E-state index is 10.2. The van der Waals surface area contributed by atoms with Gasteiger partial charge >= 0.3 is 0 Å². The highest BCUT2D eigenvalue weighted by Gasteiger charge is 2.32. The second-order valence-corrected chi connectivity index (χ2v) is 9.68. The maximum atomic E-state index is 10.2. The fraction of sp³-hybridized carbons (Fsp3) is 0.333. The maximum Gasteiger partial charge on any atom is 0.102 e. The van der Waals surface area contributed by atoms with Crippen molar-refractivity contribution in [3.05, 3.63) is 60.8 Å². The Kier molecular flexibility index (Phi) is 7.10. The predicted octanol–water partition coefficient (Wildman–Crippen LogP) is 6.74. The van der Waals surface area contributed by atoms with Gasteiger partial charge in [-0.25, -0.2) is 0 Å². The minimum Gasteiger partial charge on any atom is -0.388 e. The van der Waals surface area contributed by atoms with Crippen LogP contribution in [0.5, 0.6) is 0 Å². The van der Waals surface area contributed by atoms with Gasteiger partial charge in [0.1, 0.15) is 6.07 Å². The summed E-state index contributed by atoms with van der Waals surface area (Å²) >= 11 is 1.81. The van der Waals surface area contributed by atoms with Gasteiger partial charge < -0.3 is 9.88 Å². The average molecular weight is 458 g/mol. The zero-order chi connectivity index (χ0) is 23.4. The molecule has 3 aromatic rings. The second kappa shape index (κ2) is 10.2. The molecule has 5 nitrogen and oxygen atoms in total. The van der Waals surface area contributed by atoms with E-state index in [-0.39, 0.29) is 0 Å². The van der Waals surface area contributed by atoms with Gasteiger partial charge in [0.2, 0.25) is 0 Å². The molecule has 1 fully saturated rings. The summed E-state index contributed by atoms with van der Waals surface area (Å²) in [6.45, 7) is 8.83. The fourth-order valence-electron chi connectivity index (χ4n) is 4.62. The van der Waals surface area contributed by atoms with E-state index >= 15 is 0 Å². The minimum absolute atomic E-state index is 0.430. The van der Waals surface area contributed by atoms with Gasteiger partial charge in [0.05, 0.1) is 23.3 Å². The molecular formula is C27H31N5S. The summed E-state index contributed by atoms with van der Waals surface area (Å²) in [5.74, 6) is 1.62. The molecule has 0 amide bonds. The first-order chi connectivity index (χ1) is 16.1. The third-order valence-electron chi connectivity index (χ3n) is 6.31. The van der Waals surface area contributed by atoms with Gasteiger partial charge in [0.25, 0.3) is 0 Å². The number of hydrazone groups is 1. The van der Waals surface area contributed by atoms with E-state index in [4.69, 9.17) is 0 Å². The van der Waals surface area contributed by atoms with Crippen molar-refractivity contribution in [2.75, 3.05) is 24.7 Å². The highest BCUT2D eigenvalue weighted by molar-refractivity contribution is 7.99. The van der Waals surface area contributed by atoms with Gasteiger partial charge in [0.15, 0.2) is 0 Å². The number of hydrogen-bond donors (Lipinski definition) is 1. The van der Waals surface area contributed by atoms with Gasteiger partial charge in [-0.05, 0) is 55.5 Å². The standard InChI is InChI=1S/C27H31N5S/c1-5-30-31(6-2)13-14-33-23-11-12-24-25(18-28)27(20-7-9-21(29-4)10-8-20)32(26(24)17-23)22-15-19(3)16-22/h5-12,17,19,22,29H,2,13-16H2,1,3-4H3/b30-5-. The lowest BCUT2D eigenvalue weighted by atomic mass is 9.81. The second-order valence-electron chi connectivity index (χ2n) is 8.51. The summed E-state index contributed by atoms with van der Waals surface area (Å²) in [4.78, 5) is 1.21. The zero-order valence-corrected chi connectivity index (χ0v) is 20.4. The molecule has 1 aliphatic carbocycles. The van der Waals surface area contributed by atoms with Crippen LogP contribution in [0.15, 0.2) is 65.2 Å². The van der Waals surface area contributed by atoms with E-state index in [9.17, 15) is 5.26 Å². The summed E-state index contributed by atoms with van der Waals surface area (Å²) in [5, 5.41) is 20.5. The molecule has 0 saturated heterocycles. The lowest BCUT2D eigenvalue weighted by molar-refractivity contribution is 0.223. The van der Waals surface area contributed by atoms with E-state index in [1.54, 1.807) is 12.4 Å². The quantitative estimate of drug-likeness (QED) is 0.220. The molecule has 6 heteroatoms. The Morgan fingerprint density at radius 1 is 1.27 bits per heavy atom. The van der Waals surface area contributed by atoms with Crippen LogP contribution in [0.25, 0.3) is 22.2 Å². The van der Waals surface area contributed by atoms with Crippen molar-refractivity contribution in [3.8, 4) is 17.3 Å².